The van der Waals surface area contributed by atoms with Crippen LogP contribution in [0.2, 0.25) is 0 Å². The predicted octanol–water partition coefficient (Wildman–Crippen LogP) is 1.25. The number of rotatable bonds is 6. The molecule has 0 spiro atoms. The van der Waals surface area contributed by atoms with Gasteiger partial charge < -0.3 is 5.11 Å². The molecule has 0 aliphatic heterocycles. The van der Waals surface area contributed by atoms with Gasteiger partial charge in [0.25, 0.3) is 0 Å². The fourth-order valence-electron chi connectivity index (χ4n) is 1.95. The average Bonchev–Trinajstić information content (AvgIpc) is 3.15. The minimum Gasteiger partial charge on any atom is -0.395 e. The Hall–Kier alpha value is -1.05. The Morgan fingerprint density at radius 1 is 1.26 bits per heavy atom. The van der Waals surface area contributed by atoms with Crippen molar-refractivity contribution in [2.75, 3.05) is 13.2 Å². The van der Waals surface area contributed by atoms with Gasteiger partial charge in [-0.2, -0.15) is 4.31 Å². The number of hydrogen-bond acceptors (Lipinski definition) is 3. The van der Waals surface area contributed by atoms with E-state index in [0.29, 0.717) is 0 Å². The lowest BCUT2D eigenvalue weighted by atomic mass is 10.2. The molecule has 0 radical (unpaired) electrons. The number of hydrogen-bond donors (Lipinski definition) is 1. The summed E-state index contributed by atoms with van der Waals surface area (Å²) in [5.41, 5.74) is -0.453. The van der Waals surface area contributed by atoms with Gasteiger partial charge in [0.05, 0.1) is 12.4 Å². The first-order chi connectivity index (χ1) is 8.95. The molecule has 0 unspecified atom stereocenters. The van der Waals surface area contributed by atoms with Gasteiger partial charge in [-0.05, 0) is 25.0 Å². The molecule has 1 aromatic carbocycles. The lowest BCUT2D eigenvalue weighted by Gasteiger charge is -2.21. The molecule has 1 aliphatic rings. The number of aliphatic hydroxyl groups excluding tert-OH is 1. The SMILES string of the molecule is O=S(=O)(Cc1c(F)cccc1F)N(CCO)C1CC1. The first-order valence-corrected chi connectivity index (χ1v) is 7.60. The normalized spacial score (nSPS) is 16.0. The van der Waals surface area contributed by atoms with Crippen molar-refractivity contribution in [3.63, 3.8) is 0 Å². The number of nitrogens with zero attached hydrogens (tertiary/aromatic N) is 1. The fourth-order valence-corrected chi connectivity index (χ4v) is 3.78. The number of sulfonamides is 1. The van der Waals surface area contributed by atoms with E-state index in [9.17, 15) is 17.2 Å². The molecular formula is C12H15F2NO3S. The highest BCUT2D eigenvalue weighted by molar-refractivity contribution is 7.88. The molecule has 0 saturated heterocycles. The van der Waals surface area contributed by atoms with Crippen molar-refractivity contribution in [2.45, 2.75) is 24.6 Å². The predicted molar refractivity (Wildman–Crippen MR) is 65.8 cm³/mol. The maximum absolute atomic E-state index is 13.5. The standard InChI is InChI=1S/C12H15F2NO3S/c13-11-2-1-3-12(14)10(11)8-19(17,18)15(6-7-16)9-4-5-9/h1-3,9,16H,4-8H2. The van der Waals surface area contributed by atoms with Crippen molar-refractivity contribution < 1.29 is 22.3 Å². The van der Waals surface area contributed by atoms with E-state index < -0.39 is 33.0 Å². The number of benzene rings is 1. The molecule has 106 valence electrons. The van der Waals surface area contributed by atoms with E-state index in [2.05, 4.69) is 0 Å². The van der Waals surface area contributed by atoms with Crippen LogP contribution in [0, 0.1) is 11.6 Å². The molecule has 19 heavy (non-hydrogen) atoms. The van der Waals surface area contributed by atoms with E-state index in [-0.39, 0.29) is 19.2 Å². The summed E-state index contributed by atoms with van der Waals surface area (Å²) in [6.07, 6.45) is 1.44. The number of halogens is 2. The van der Waals surface area contributed by atoms with Crippen molar-refractivity contribution in [3.8, 4) is 0 Å². The second-order valence-corrected chi connectivity index (χ2v) is 6.44. The molecule has 1 fully saturated rings. The maximum atomic E-state index is 13.5. The first-order valence-electron chi connectivity index (χ1n) is 5.99. The second kappa shape index (κ2) is 5.52. The summed E-state index contributed by atoms with van der Waals surface area (Å²) in [7, 11) is -3.83. The molecule has 1 aliphatic carbocycles. The Kier molecular flexibility index (Phi) is 4.17. The maximum Gasteiger partial charge on any atom is 0.218 e. The second-order valence-electron chi connectivity index (χ2n) is 4.52. The summed E-state index contributed by atoms with van der Waals surface area (Å²) >= 11 is 0. The van der Waals surface area contributed by atoms with Gasteiger partial charge >= 0.3 is 0 Å². The fraction of sp³-hybridized carbons (Fsp3) is 0.500. The third kappa shape index (κ3) is 3.29. The van der Waals surface area contributed by atoms with Crippen molar-refractivity contribution in [1.29, 1.82) is 0 Å². The summed E-state index contributed by atoms with van der Waals surface area (Å²) < 4.78 is 52.4. The molecule has 2 rings (SSSR count). The smallest absolute Gasteiger partial charge is 0.218 e. The quantitative estimate of drug-likeness (QED) is 0.858. The highest BCUT2D eigenvalue weighted by atomic mass is 32.2. The van der Waals surface area contributed by atoms with Gasteiger partial charge in [-0.3, -0.25) is 0 Å². The van der Waals surface area contributed by atoms with Gasteiger partial charge in [0.1, 0.15) is 11.6 Å². The first kappa shape index (κ1) is 14.4. The van der Waals surface area contributed by atoms with Crippen molar-refractivity contribution in [2.24, 2.45) is 0 Å². The molecule has 4 nitrogen and oxygen atoms in total. The van der Waals surface area contributed by atoms with Crippen molar-refractivity contribution in [3.05, 3.63) is 35.4 Å². The van der Waals surface area contributed by atoms with Crippen LogP contribution in [0.4, 0.5) is 8.78 Å². The van der Waals surface area contributed by atoms with Gasteiger partial charge in [-0.1, -0.05) is 6.07 Å². The van der Waals surface area contributed by atoms with Crippen LogP contribution in [-0.2, 0) is 15.8 Å². The Balaban J connectivity index is 2.25. The lowest BCUT2D eigenvalue weighted by molar-refractivity contribution is 0.250. The third-order valence-electron chi connectivity index (χ3n) is 3.02. The van der Waals surface area contributed by atoms with Crippen molar-refractivity contribution in [1.82, 2.24) is 4.31 Å². The minimum atomic E-state index is -3.83. The van der Waals surface area contributed by atoms with E-state index in [0.717, 1.165) is 29.3 Å². The molecule has 0 aromatic heterocycles. The van der Waals surface area contributed by atoms with Crippen LogP contribution in [0.5, 0.6) is 0 Å². The number of aliphatic hydroxyl groups is 1. The highest BCUT2D eigenvalue weighted by Crippen LogP contribution is 2.30. The average molecular weight is 291 g/mol. The molecule has 1 saturated carbocycles. The van der Waals surface area contributed by atoms with Gasteiger partial charge in [0.15, 0.2) is 0 Å². The summed E-state index contributed by atoms with van der Waals surface area (Å²) in [6, 6.07) is 3.10. The van der Waals surface area contributed by atoms with Crippen LogP contribution in [0.1, 0.15) is 18.4 Å². The van der Waals surface area contributed by atoms with Crippen LogP contribution < -0.4 is 0 Å². The Bertz CT molecular complexity index is 538. The van der Waals surface area contributed by atoms with E-state index in [4.69, 9.17) is 5.11 Å². The van der Waals surface area contributed by atoms with E-state index in [1.54, 1.807) is 0 Å². The lowest BCUT2D eigenvalue weighted by Crippen LogP contribution is -2.36. The van der Waals surface area contributed by atoms with Crippen LogP contribution >= 0.6 is 0 Å². The van der Waals surface area contributed by atoms with Gasteiger partial charge in [0.2, 0.25) is 10.0 Å². The molecule has 0 bridgehead atoms. The van der Waals surface area contributed by atoms with Crippen LogP contribution in [0.25, 0.3) is 0 Å². The molecule has 7 heteroatoms. The molecule has 0 amide bonds. The molecular weight excluding hydrogens is 276 g/mol. The Morgan fingerprint density at radius 3 is 2.32 bits per heavy atom. The highest BCUT2D eigenvalue weighted by Gasteiger charge is 2.37. The van der Waals surface area contributed by atoms with E-state index >= 15 is 0 Å². The van der Waals surface area contributed by atoms with E-state index in [1.165, 1.54) is 6.07 Å². The third-order valence-corrected chi connectivity index (χ3v) is 4.87. The van der Waals surface area contributed by atoms with Gasteiger partial charge in [-0.25, -0.2) is 17.2 Å². The zero-order valence-corrected chi connectivity index (χ0v) is 11.0. The van der Waals surface area contributed by atoms with Gasteiger partial charge in [-0.15, -0.1) is 0 Å². The summed E-state index contributed by atoms with van der Waals surface area (Å²) in [5.74, 6) is -2.46. The molecule has 1 N–H and O–H groups in total. The largest absolute Gasteiger partial charge is 0.395 e. The summed E-state index contributed by atoms with van der Waals surface area (Å²) in [5, 5.41) is 8.90. The topological polar surface area (TPSA) is 57.6 Å². The summed E-state index contributed by atoms with van der Waals surface area (Å²) in [4.78, 5) is 0. The zero-order valence-electron chi connectivity index (χ0n) is 10.2. The van der Waals surface area contributed by atoms with Crippen LogP contribution in [0.3, 0.4) is 0 Å². The minimum absolute atomic E-state index is 0.0386. The Labute approximate surface area is 110 Å². The molecule has 0 heterocycles. The van der Waals surface area contributed by atoms with E-state index in [1.807, 2.05) is 0 Å². The summed E-state index contributed by atoms with van der Waals surface area (Å²) in [6.45, 7) is -0.349. The Morgan fingerprint density at radius 2 is 1.84 bits per heavy atom. The zero-order chi connectivity index (χ0) is 14.0. The van der Waals surface area contributed by atoms with Crippen molar-refractivity contribution >= 4 is 10.0 Å². The van der Waals surface area contributed by atoms with Crippen LogP contribution in [0.15, 0.2) is 18.2 Å². The van der Waals surface area contributed by atoms with Gasteiger partial charge in [0, 0.05) is 18.2 Å². The molecule has 0 atom stereocenters. The van der Waals surface area contributed by atoms with Crippen LogP contribution in [-0.4, -0.2) is 37.0 Å². The molecule has 1 aromatic rings. The monoisotopic (exact) mass is 291 g/mol.